The first kappa shape index (κ1) is 24.5. The number of carboxylic acids is 1. The monoisotopic (exact) mass is 471 g/mol. The Balaban J connectivity index is 0.000000383. The molecule has 4 heterocycles. The second kappa shape index (κ2) is 10.6. The van der Waals surface area contributed by atoms with Gasteiger partial charge in [0.15, 0.2) is 0 Å². The summed E-state index contributed by atoms with van der Waals surface area (Å²) in [7, 11) is 1.63. The number of pyridine rings is 1. The Morgan fingerprint density at radius 2 is 1.94 bits per heavy atom. The van der Waals surface area contributed by atoms with Crippen LogP contribution in [0.2, 0.25) is 0 Å². The summed E-state index contributed by atoms with van der Waals surface area (Å²) in [6.45, 7) is 4.51. The van der Waals surface area contributed by atoms with E-state index in [-0.39, 0.29) is 11.9 Å². The molecule has 0 aromatic carbocycles. The predicted molar refractivity (Wildman–Crippen MR) is 107 cm³/mol. The third-order valence-corrected chi connectivity index (χ3v) is 5.15. The van der Waals surface area contributed by atoms with E-state index in [0.29, 0.717) is 45.3 Å². The predicted octanol–water partition coefficient (Wildman–Crippen LogP) is 1.34. The molecule has 0 radical (unpaired) electrons. The molecule has 180 valence electrons. The Morgan fingerprint density at radius 3 is 2.58 bits per heavy atom. The molecule has 0 spiro atoms. The number of fused-ring (bicyclic) bond motifs is 1. The standard InChI is InChI=1S/C18H23N5O3.C2HF3O2/c1-25-17-14(3-2-5-19-17)11-21-12-15-4-6-20-23(15)16(13-21)18(24)22-7-9-26-10-8-22;3-2(4,5)1(6)7/h2-6,16H,7-13H2,1H3;(H,6,7). The molecule has 2 aliphatic heterocycles. The summed E-state index contributed by atoms with van der Waals surface area (Å²) in [5.74, 6) is -2.02. The van der Waals surface area contributed by atoms with Gasteiger partial charge in [-0.25, -0.2) is 9.78 Å². The Bertz CT molecular complexity index is 962. The minimum absolute atomic E-state index is 0.112. The summed E-state index contributed by atoms with van der Waals surface area (Å²) >= 11 is 0. The normalized spacial score (nSPS) is 18.7. The fraction of sp³-hybridized carbons (Fsp3) is 0.500. The lowest BCUT2D eigenvalue weighted by molar-refractivity contribution is -0.192. The van der Waals surface area contributed by atoms with Crippen molar-refractivity contribution in [2.75, 3.05) is 40.0 Å². The van der Waals surface area contributed by atoms with E-state index in [1.165, 1.54) is 0 Å². The van der Waals surface area contributed by atoms with Gasteiger partial charge in [-0.1, -0.05) is 6.07 Å². The minimum atomic E-state index is -5.08. The quantitative estimate of drug-likeness (QED) is 0.712. The molecule has 33 heavy (non-hydrogen) atoms. The minimum Gasteiger partial charge on any atom is -0.481 e. The Kier molecular flexibility index (Phi) is 7.87. The van der Waals surface area contributed by atoms with E-state index in [1.54, 1.807) is 19.5 Å². The zero-order valence-electron chi connectivity index (χ0n) is 17.9. The van der Waals surface area contributed by atoms with E-state index in [2.05, 4.69) is 15.0 Å². The van der Waals surface area contributed by atoms with Crippen molar-refractivity contribution in [3.63, 3.8) is 0 Å². The Labute approximate surface area is 187 Å². The summed E-state index contributed by atoms with van der Waals surface area (Å²) in [4.78, 5) is 30.4. The Hall–Kier alpha value is -3.19. The van der Waals surface area contributed by atoms with Gasteiger partial charge in [0.2, 0.25) is 11.8 Å². The van der Waals surface area contributed by atoms with Crippen LogP contribution in [0.3, 0.4) is 0 Å². The highest BCUT2D eigenvalue weighted by atomic mass is 19.4. The first-order valence-corrected chi connectivity index (χ1v) is 10.1. The number of methoxy groups -OCH3 is 1. The third kappa shape index (κ3) is 6.20. The molecule has 1 unspecified atom stereocenters. The second-order valence-electron chi connectivity index (χ2n) is 7.36. The fourth-order valence-electron chi connectivity index (χ4n) is 3.63. The van der Waals surface area contributed by atoms with Crippen LogP contribution in [0, 0.1) is 0 Å². The van der Waals surface area contributed by atoms with Crippen LogP contribution >= 0.6 is 0 Å². The van der Waals surface area contributed by atoms with Crippen LogP contribution in [0.4, 0.5) is 13.2 Å². The molecule has 0 aliphatic carbocycles. The lowest BCUT2D eigenvalue weighted by Crippen LogP contribution is -2.49. The van der Waals surface area contributed by atoms with Crippen LogP contribution in [0.5, 0.6) is 5.88 Å². The maximum atomic E-state index is 13.1. The SMILES string of the molecule is COc1ncccc1CN1Cc2ccnn2C(C(=O)N2CCOCC2)C1.O=C(O)C(F)(F)F. The largest absolute Gasteiger partial charge is 0.490 e. The van der Waals surface area contributed by atoms with E-state index in [4.69, 9.17) is 19.4 Å². The van der Waals surface area contributed by atoms with Gasteiger partial charge in [-0.2, -0.15) is 18.3 Å². The summed E-state index contributed by atoms with van der Waals surface area (Å²) in [5, 5.41) is 11.5. The summed E-state index contributed by atoms with van der Waals surface area (Å²) in [5.41, 5.74) is 2.06. The van der Waals surface area contributed by atoms with Gasteiger partial charge in [-0.3, -0.25) is 14.4 Å². The van der Waals surface area contributed by atoms with Crippen molar-refractivity contribution in [1.82, 2.24) is 24.6 Å². The molecule has 2 aliphatic rings. The number of rotatable bonds is 4. The molecule has 1 saturated heterocycles. The highest BCUT2D eigenvalue weighted by molar-refractivity contribution is 5.81. The van der Waals surface area contributed by atoms with Crippen molar-refractivity contribution in [2.45, 2.75) is 25.3 Å². The molecule has 1 amide bonds. The molecule has 13 heteroatoms. The maximum Gasteiger partial charge on any atom is 0.490 e. The van der Waals surface area contributed by atoms with Crippen molar-refractivity contribution in [3.8, 4) is 5.88 Å². The number of carbonyl (C=O) groups is 2. The van der Waals surface area contributed by atoms with E-state index in [1.807, 2.05) is 27.8 Å². The van der Waals surface area contributed by atoms with Crippen LogP contribution in [0.15, 0.2) is 30.6 Å². The first-order chi connectivity index (χ1) is 15.7. The number of aromatic nitrogens is 3. The van der Waals surface area contributed by atoms with Gasteiger partial charge in [-0.05, 0) is 12.1 Å². The number of hydrogen-bond acceptors (Lipinski definition) is 7. The van der Waals surface area contributed by atoms with Gasteiger partial charge in [0.05, 0.1) is 26.0 Å². The first-order valence-electron chi connectivity index (χ1n) is 10.1. The maximum absolute atomic E-state index is 13.1. The van der Waals surface area contributed by atoms with Crippen molar-refractivity contribution >= 4 is 11.9 Å². The van der Waals surface area contributed by atoms with E-state index in [9.17, 15) is 18.0 Å². The number of aliphatic carboxylic acids is 1. The number of alkyl halides is 3. The zero-order valence-corrected chi connectivity index (χ0v) is 17.9. The van der Waals surface area contributed by atoms with Gasteiger partial charge in [0.1, 0.15) is 6.04 Å². The molecule has 0 bridgehead atoms. The number of nitrogens with zero attached hydrogens (tertiary/aromatic N) is 5. The number of carbonyl (C=O) groups excluding carboxylic acids is 1. The molecule has 1 atom stereocenters. The van der Waals surface area contributed by atoms with Gasteiger partial charge in [0.25, 0.3) is 0 Å². The summed E-state index contributed by atoms with van der Waals surface area (Å²) < 4.78 is 44.3. The van der Waals surface area contributed by atoms with Crippen LogP contribution in [0.25, 0.3) is 0 Å². The topological polar surface area (TPSA) is 110 Å². The summed E-state index contributed by atoms with van der Waals surface area (Å²) in [6, 6.07) is 5.58. The Morgan fingerprint density at radius 1 is 1.24 bits per heavy atom. The lowest BCUT2D eigenvalue weighted by atomic mass is 10.1. The molecule has 10 nitrogen and oxygen atoms in total. The zero-order chi connectivity index (χ0) is 24.0. The van der Waals surface area contributed by atoms with Gasteiger partial charge < -0.3 is 19.5 Å². The van der Waals surface area contributed by atoms with Crippen molar-refractivity contribution in [2.24, 2.45) is 0 Å². The second-order valence-corrected chi connectivity index (χ2v) is 7.36. The van der Waals surface area contributed by atoms with Gasteiger partial charge in [-0.15, -0.1) is 0 Å². The smallest absolute Gasteiger partial charge is 0.481 e. The molecule has 2 aromatic rings. The van der Waals surface area contributed by atoms with Crippen LogP contribution in [-0.2, 0) is 27.4 Å². The third-order valence-electron chi connectivity index (χ3n) is 5.15. The van der Waals surface area contributed by atoms with E-state index in [0.717, 1.165) is 17.8 Å². The molecule has 2 aromatic heterocycles. The molecular weight excluding hydrogens is 447 g/mol. The molecule has 0 saturated carbocycles. The average Bonchev–Trinajstić information content (AvgIpc) is 3.27. The van der Waals surface area contributed by atoms with Gasteiger partial charge in [0, 0.05) is 50.7 Å². The highest BCUT2D eigenvalue weighted by Crippen LogP contribution is 2.26. The lowest BCUT2D eigenvalue weighted by Gasteiger charge is -2.37. The number of carboxylic acid groups (broad SMARTS) is 1. The molecule has 1 N–H and O–H groups in total. The number of morpholine rings is 1. The molecule has 4 rings (SSSR count). The van der Waals surface area contributed by atoms with Crippen LogP contribution < -0.4 is 4.74 Å². The fourth-order valence-corrected chi connectivity index (χ4v) is 3.63. The highest BCUT2D eigenvalue weighted by Gasteiger charge is 2.38. The van der Waals surface area contributed by atoms with Crippen molar-refractivity contribution in [3.05, 3.63) is 41.9 Å². The van der Waals surface area contributed by atoms with Crippen molar-refractivity contribution in [1.29, 1.82) is 0 Å². The van der Waals surface area contributed by atoms with E-state index < -0.39 is 12.1 Å². The number of hydrogen-bond donors (Lipinski definition) is 1. The van der Waals surface area contributed by atoms with E-state index >= 15 is 0 Å². The molecular formula is C20H24F3N5O5. The van der Waals surface area contributed by atoms with Crippen LogP contribution in [-0.4, -0.2) is 87.7 Å². The number of ether oxygens (including phenoxy) is 2. The average molecular weight is 471 g/mol. The van der Waals surface area contributed by atoms with Crippen molar-refractivity contribution < 1.29 is 37.3 Å². The number of amides is 1. The molecule has 1 fully saturated rings. The van der Waals surface area contributed by atoms with Crippen LogP contribution in [0.1, 0.15) is 17.3 Å². The van der Waals surface area contributed by atoms with Gasteiger partial charge >= 0.3 is 12.1 Å². The number of halogens is 3. The summed E-state index contributed by atoms with van der Waals surface area (Å²) in [6.07, 6.45) is -1.60.